The third-order valence-electron chi connectivity index (χ3n) is 2.88. The number of benzene rings is 1. The fourth-order valence-corrected chi connectivity index (χ4v) is 1.97. The summed E-state index contributed by atoms with van der Waals surface area (Å²) >= 11 is 0. The van der Waals surface area contributed by atoms with Gasteiger partial charge in [0.1, 0.15) is 11.9 Å². The zero-order valence-electron chi connectivity index (χ0n) is 10.9. The molecule has 2 N–H and O–H groups in total. The van der Waals surface area contributed by atoms with Crippen LogP contribution in [0.15, 0.2) is 24.3 Å². The fourth-order valence-electron chi connectivity index (χ4n) is 1.97. The van der Waals surface area contributed by atoms with Crippen molar-refractivity contribution in [2.24, 2.45) is 11.1 Å². The van der Waals surface area contributed by atoms with Gasteiger partial charge in [0.2, 0.25) is 0 Å². The van der Waals surface area contributed by atoms with E-state index in [0.717, 1.165) is 17.7 Å². The molecule has 0 bridgehead atoms. The van der Waals surface area contributed by atoms with E-state index < -0.39 is 0 Å². The lowest BCUT2D eigenvalue weighted by atomic mass is 9.95. The first-order chi connectivity index (χ1) is 7.99. The first kappa shape index (κ1) is 12.2. The lowest BCUT2D eigenvalue weighted by Gasteiger charge is -2.12. The van der Waals surface area contributed by atoms with E-state index in [1.54, 1.807) is 0 Å². The SMILES string of the molecule is CC(C)(C)/C=C/c1cccc2c1OC(CN)C2. The monoisotopic (exact) mass is 231 g/mol. The molecule has 0 saturated heterocycles. The highest BCUT2D eigenvalue weighted by molar-refractivity contribution is 5.61. The van der Waals surface area contributed by atoms with Gasteiger partial charge in [0.25, 0.3) is 0 Å². The molecule has 0 radical (unpaired) electrons. The van der Waals surface area contributed by atoms with Crippen molar-refractivity contribution in [3.05, 3.63) is 35.4 Å². The van der Waals surface area contributed by atoms with Crippen LogP contribution in [0, 0.1) is 5.41 Å². The van der Waals surface area contributed by atoms with Crippen LogP contribution in [-0.2, 0) is 6.42 Å². The van der Waals surface area contributed by atoms with Crippen molar-refractivity contribution in [2.45, 2.75) is 33.3 Å². The Bertz CT molecular complexity index is 429. The molecular formula is C15H21NO. The summed E-state index contributed by atoms with van der Waals surface area (Å²) in [5.74, 6) is 1.02. The van der Waals surface area contributed by atoms with Gasteiger partial charge in [-0.3, -0.25) is 0 Å². The van der Waals surface area contributed by atoms with E-state index >= 15 is 0 Å². The van der Waals surface area contributed by atoms with E-state index in [1.807, 2.05) is 0 Å². The minimum Gasteiger partial charge on any atom is -0.488 e. The zero-order valence-corrected chi connectivity index (χ0v) is 10.9. The minimum atomic E-state index is 0.147. The summed E-state index contributed by atoms with van der Waals surface area (Å²) < 4.78 is 5.88. The third-order valence-corrected chi connectivity index (χ3v) is 2.88. The Morgan fingerprint density at radius 1 is 1.41 bits per heavy atom. The quantitative estimate of drug-likeness (QED) is 0.849. The summed E-state index contributed by atoms with van der Waals surface area (Å²) in [4.78, 5) is 0. The van der Waals surface area contributed by atoms with Crippen molar-refractivity contribution in [2.75, 3.05) is 6.54 Å². The summed E-state index contributed by atoms with van der Waals surface area (Å²) in [5, 5.41) is 0. The van der Waals surface area contributed by atoms with E-state index in [9.17, 15) is 0 Å². The van der Waals surface area contributed by atoms with Gasteiger partial charge in [-0.1, -0.05) is 51.1 Å². The van der Waals surface area contributed by atoms with Crippen molar-refractivity contribution >= 4 is 6.08 Å². The molecule has 0 aliphatic carbocycles. The summed E-state index contributed by atoms with van der Waals surface area (Å²) in [7, 11) is 0. The third kappa shape index (κ3) is 2.89. The Balaban J connectivity index is 2.27. The van der Waals surface area contributed by atoms with E-state index in [-0.39, 0.29) is 11.5 Å². The van der Waals surface area contributed by atoms with Gasteiger partial charge in [-0.2, -0.15) is 0 Å². The molecule has 0 aromatic heterocycles. The topological polar surface area (TPSA) is 35.2 Å². The van der Waals surface area contributed by atoms with E-state index in [0.29, 0.717) is 6.54 Å². The lowest BCUT2D eigenvalue weighted by molar-refractivity contribution is 0.241. The molecule has 1 aromatic rings. The van der Waals surface area contributed by atoms with E-state index in [4.69, 9.17) is 10.5 Å². The van der Waals surface area contributed by atoms with Gasteiger partial charge in [0, 0.05) is 18.5 Å². The van der Waals surface area contributed by atoms with Crippen molar-refractivity contribution in [3.8, 4) is 5.75 Å². The normalized spacial score (nSPS) is 19.4. The smallest absolute Gasteiger partial charge is 0.130 e. The molecule has 0 saturated carbocycles. The summed E-state index contributed by atoms with van der Waals surface area (Å²) in [6.45, 7) is 7.15. The van der Waals surface area contributed by atoms with Gasteiger partial charge in [-0.05, 0) is 11.0 Å². The number of nitrogens with two attached hydrogens (primary N) is 1. The zero-order chi connectivity index (χ0) is 12.5. The average molecular weight is 231 g/mol. The van der Waals surface area contributed by atoms with E-state index in [1.165, 1.54) is 5.56 Å². The maximum absolute atomic E-state index is 5.88. The number of para-hydroxylation sites is 1. The average Bonchev–Trinajstić information content (AvgIpc) is 2.68. The Labute approximate surface area is 103 Å². The number of allylic oxidation sites excluding steroid dienone is 1. The van der Waals surface area contributed by atoms with Crippen LogP contribution in [0.25, 0.3) is 6.08 Å². The molecule has 0 spiro atoms. The van der Waals surface area contributed by atoms with Gasteiger partial charge in [0.15, 0.2) is 0 Å². The van der Waals surface area contributed by atoms with Gasteiger partial charge >= 0.3 is 0 Å². The van der Waals surface area contributed by atoms with E-state index in [2.05, 4.69) is 51.1 Å². The van der Waals surface area contributed by atoms with Crippen molar-refractivity contribution in [3.63, 3.8) is 0 Å². The van der Waals surface area contributed by atoms with Gasteiger partial charge in [-0.25, -0.2) is 0 Å². The highest BCUT2D eigenvalue weighted by atomic mass is 16.5. The maximum Gasteiger partial charge on any atom is 0.130 e. The molecule has 17 heavy (non-hydrogen) atoms. The van der Waals surface area contributed by atoms with Crippen LogP contribution in [0.2, 0.25) is 0 Å². The molecule has 1 heterocycles. The number of hydrogen-bond acceptors (Lipinski definition) is 2. The van der Waals surface area contributed by atoms with Gasteiger partial charge in [0.05, 0.1) is 0 Å². The second-order valence-corrected chi connectivity index (χ2v) is 5.71. The van der Waals surface area contributed by atoms with Crippen molar-refractivity contribution < 1.29 is 4.74 Å². The number of rotatable bonds is 2. The molecule has 92 valence electrons. The summed E-state index contributed by atoms with van der Waals surface area (Å²) in [5.41, 5.74) is 8.29. The fraction of sp³-hybridized carbons (Fsp3) is 0.467. The minimum absolute atomic E-state index is 0.147. The lowest BCUT2D eigenvalue weighted by Crippen LogP contribution is -2.24. The highest BCUT2D eigenvalue weighted by Gasteiger charge is 2.23. The molecule has 1 unspecified atom stereocenters. The molecule has 1 aliphatic rings. The summed E-state index contributed by atoms with van der Waals surface area (Å²) in [6, 6.07) is 6.31. The molecule has 2 rings (SSSR count). The van der Waals surface area contributed by atoms with Crippen molar-refractivity contribution in [1.29, 1.82) is 0 Å². The second kappa shape index (κ2) is 4.53. The predicted octanol–water partition coefficient (Wildman–Crippen LogP) is 3.01. The highest BCUT2D eigenvalue weighted by Crippen LogP contribution is 2.33. The number of fused-ring (bicyclic) bond motifs is 1. The van der Waals surface area contributed by atoms with Gasteiger partial charge in [-0.15, -0.1) is 0 Å². The second-order valence-electron chi connectivity index (χ2n) is 5.71. The molecule has 0 fully saturated rings. The Hall–Kier alpha value is -1.28. The first-order valence-corrected chi connectivity index (χ1v) is 6.17. The maximum atomic E-state index is 5.88. The Morgan fingerprint density at radius 2 is 2.18 bits per heavy atom. The molecule has 1 aliphatic heterocycles. The molecule has 1 aromatic carbocycles. The predicted molar refractivity (Wildman–Crippen MR) is 72.1 cm³/mol. The molecular weight excluding hydrogens is 210 g/mol. The van der Waals surface area contributed by atoms with Crippen LogP contribution in [0.4, 0.5) is 0 Å². The Kier molecular flexibility index (Phi) is 3.25. The first-order valence-electron chi connectivity index (χ1n) is 6.17. The molecule has 2 nitrogen and oxygen atoms in total. The van der Waals surface area contributed by atoms with Crippen molar-refractivity contribution in [1.82, 2.24) is 0 Å². The van der Waals surface area contributed by atoms with Gasteiger partial charge < -0.3 is 10.5 Å². The standard InChI is InChI=1S/C15H21NO/c1-15(2,3)8-7-11-5-4-6-12-9-13(10-16)17-14(11)12/h4-8,13H,9-10,16H2,1-3H3/b8-7+. The summed E-state index contributed by atoms with van der Waals surface area (Å²) in [6.07, 6.45) is 5.44. The molecule has 1 atom stereocenters. The molecule has 0 amide bonds. The largest absolute Gasteiger partial charge is 0.488 e. The van der Waals surface area contributed by atoms with Crippen LogP contribution in [0.5, 0.6) is 5.75 Å². The molecule has 2 heteroatoms. The van der Waals surface area contributed by atoms with Crippen LogP contribution in [-0.4, -0.2) is 12.6 Å². The number of ether oxygens (including phenoxy) is 1. The Morgan fingerprint density at radius 3 is 2.82 bits per heavy atom. The van der Waals surface area contributed by atoms with Crippen LogP contribution >= 0.6 is 0 Å². The van der Waals surface area contributed by atoms with Crippen LogP contribution in [0.3, 0.4) is 0 Å². The number of hydrogen-bond donors (Lipinski definition) is 1. The van der Waals surface area contributed by atoms with Crippen LogP contribution < -0.4 is 10.5 Å². The van der Waals surface area contributed by atoms with Crippen LogP contribution in [0.1, 0.15) is 31.9 Å².